The van der Waals surface area contributed by atoms with E-state index in [9.17, 15) is 48.7 Å². The van der Waals surface area contributed by atoms with E-state index in [2.05, 4.69) is 25.4 Å². The third-order valence-corrected chi connectivity index (χ3v) is 10.7. The van der Waals surface area contributed by atoms with Crippen LogP contribution in [0.4, 0.5) is 45.2 Å². The van der Waals surface area contributed by atoms with Crippen LogP contribution in [0.5, 0.6) is 5.88 Å². The Labute approximate surface area is 354 Å². The zero-order valence-electron chi connectivity index (χ0n) is 32.2. The summed E-state index contributed by atoms with van der Waals surface area (Å²) in [5.41, 5.74) is -6.17. The van der Waals surface area contributed by atoms with Crippen molar-refractivity contribution in [2.45, 2.75) is 49.9 Å². The molecule has 0 unspecified atom stereocenters. The number of nitrogens with one attached hydrogen (secondary N) is 4. The molecule has 1 fully saturated rings. The number of benzene rings is 2. The SMILES string of the molecule is COc1ccnc(-c2cc(=O)n(-c3ccc(Cl)c(C(=N)NS(C)(=O)=O)c3NCC(F)(F)F)c([C@H](Cc3cc(F)cc(F)c3)NC(=O)Cn3nc(C(F)F)c4c3C(F)(F)[C@@H]3C[C@H]43)n2)n1. The molecule has 63 heavy (non-hydrogen) atoms. The number of amides is 1. The number of halogens is 10. The number of nitrogens with zero attached hydrogens (tertiary/aromatic N) is 6. The molecule has 3 heterocycles. The second-order valence-electron chi connectivity index (χ2n) is 14.4. The number of amidine groups is 1. The molecule has 0 saturated heterocycles. The van der Waals surface area contributed by atoms with Gasteiger partial charge in [-0.25, -0.2) is 35.9 Å². The molecule has 0 spiro atoms. The molecule has 4 N–H and O–H groups in total. The van der Waals surface area contributed by atoms with Gasteiger partial charge in [0, 0.05) is 42.3 Å². The first-order valence-corrected chi connectivity index (χ1v) is 20.5. The zero-order chi connectivity index (χ0) is 45.9. The highest BCUT2D eigenvalue weighted by molar-refractivity contribution is 7.89. The lowest BCUT2D eigenvalue weighted by Crippen LogP contribution is -2.38. The van der Waals surface area contributed by atoms with Gasteiger partial charge in [0.15, 0.2) is 5.82 Å². The Hall–Kier alpha value is -6.24. The van der Waals surface area contributed by atoms with E-state index in [4.69, 9.17) is 21.7 Å². The molecule has 2 aliphatic carbocycles. The number of anilines is 1. The highest BCUT2D eigenvalue weighted by atomic mass is 35.5. The van der Waals surface area contributed by atoms with Gasteiger partial charge in [-0.15, -0.1) is 0 Å². The van der Waals surface area contributed by atoms with Crippen LogP contribution in [0.15, 0.2) is 53.5 Å². The lowest BCUT2D eigenvalue weighted by atomic mass is 10.0. The van der Waals surface area contributed by atoms with Crippen LogP contribution in [-0.4, -0.2) is 75.5 Å². The minimum atomic E-state index is -4.99. The Morgan fingerprint density at radius 3 is 2.43 bits per heavy atom. The van der Waals surface area contributed by atoms with Crippen molar-refractivity contribution in [3.8, 4) is 23.1 Å². The molecular formula is C37H30ClF9N10O5S. The molecule has 3 aromatic heterocycles. The molecule has 7 rings (SSSR count). The van der Waals surface area contributed by atoms with Crippen molar-refractivity contribution in [2.24, 2.45) is 5.92 Å². The van der Waals surface area contributed by atoms with Gasteiger partial charge in [0.25, 0.3) is 17.9 Å². The zero-order valence-corrected chi connectivity index (χ0v) is 33.7. The minimum Gasteiger partial charge on any atom is -0.481 e. The molecule has 2 aliphatic rings. The van der Waals surface area contributed by atoms with Gasteiger partial charge < -0.3 is 15.4 Å². The molecule has 0 radical (unpaired) electrons. The first-order chi connectivity index (χ1) is 29.4. The topological polar surface area (TPSA) is 199 Å². The molecule has 334 valence electrons. The van der Waals surface area contributed by atoms with Gasteiger partial charge in [-0.1, -0.05) is 11.6 Å². The summed E-state index contributed by atoms with van der Waals surface area (Å²) in [6, 6.07) is 4.37. The van der Waals surface area contributed by atoms with E-state index < -0.39 is 140 Å². The number of ether oxygens (including phenoxy) is 1. The number of sulfonamides is 1. The normalized spacial score (nSPS) is 16.9. The molecule has 3 atom stereocenters. The number of aromatic nitrogens is 6. The molecule has 26 heteroatoms. The molecule has 1 saturated carbocycles. The van der Waals surface area contributed by atoms with Gasteiger partial charge in [-0.3, -0.25) is 29.0 Å². The van der Waals surface area contributed by atoms with Crippen LogP contribution in [0.3, 0.4) is 0 Å². The maximum Gasteiger partial charge on any atom is 0.405 e. The largest absolute Gasteiger partial charge is 0.481 e. The van der Waals surface area contributed by atoms with Crippen LogP contribution in [0, 0.1) is 23.0 Å². The maximum atomic E-state index is 15.5. The number of fused-ring (bicyclic) bond motifs is 3. The summed E-state index contributed by atoms with van der Waals surface area (Å²) >= 11 is 6.35. The van der Waals surface area contributed by atoms with Gasteiger partial charge in [0.2, 0.25) is 21.8 Å². The van der Waals surface area contributed by atoms with Crippen molar-refractivity contribution in [3.63, 3.8) is 0 Å². The lowest BCUT2D eigenvalue weighted by Gasteiger charge is -2.26. The van der Waals surface area contributed by atoms with Crippen molar-refractivity contribution >= 4 is 39.1 Å². The molecule has 0 bridgehead atoms. The lowest BCUT2D eigenvalue weighted by molar-refractivity contribution is -0.123. The molecule has 1 amide bonds. The summed E-state index contributed by atoms with van der Waals surface area (Å²) < 4.78 is 162. The summed E-state index contributed by atoms with van der Waals surface area (Å²) in [6.07, 6.45) is -7.26. The average Bonchev–Trinajstić information content (AvgIpc) is 3.83. The number of methoxy groups -OCH3 is 1. The van der Waals surface area contributed by atoms with Crippen LogP contribution in [0.2, 0.25) is 5.02 Å². The van der Waals surface area contributed by atoms with Crippen LogP contribution < -0.4 is 25.7 Å². The van der Waals surface area contributed by atoms with Gasteiger partial charge >= 0.3 is 6.18 Å². The van der Waals surface area contributed by atoms with E-state index in [1.54, 1.807) is 4.72 Å². The highest BCUT2D eigenvalue weighted by Gasteiger charge is 2.67. The van der Waals surface area contributed by atoms with E-state index in [1.165, 1.54) is 19.4 Å². The highest BCUT2D eigenvalue weighted by Crippen LogP contribution is 2.68. The standard InChI is InChI=1S/C37H30ClF9N10O5S/c1-62-25-5-6-49-34(53-25)21-12-26(59)57(23-4-3-20(38)28(33(48)55-63(2,60)61)29(23)50-14-36(43,44)45)35(52-21)22(9-15-7-16(39)10-17(40)8-15)51-24(58)13-56-31-27(30(54-56)32(41)42)18-11-19(18)37(31,46)47/h3-8,10,12,18-19,22,32,50H,9,11,13-14H2,1-2H3,(H2,48,55)(H,51,58)/t18-,19+,22-/m0/s1. The second-order valence-corrected chi connectivity index (χ2v) is 16.6. The van der Waals surface area contributed by atoms with Gasteiger partial charge in [0.05, 0.1) is 41.4 Å². The molecular weight excluding hydrogens is 903 g/mol. The van der Waals surface area contributed by atoms with Crippen molar-refractivity contribution < 1.29 is 57.5 Å². The first-order valence-electron chi connectivity index (χ1n) is 18.2. The van der Waals surface area contributed by atoms with Crippen LogP contribution in [0.25, 0.3) is 17.2 Å². The van der Waals surface area contributed by atoms with Crippen LogP contribution in [-0.2, 0) is 33.7 Å². The predicted molar refractivity (Wildman–Crippen MR) is 205 cm³/mol. The molecule has 5 aromatic rings. The van der Waals surface area contributed by atoms with E-state index >= 15 is 8.78 Å². The number of hydrogen-bond donors (Lipinski definition) is 4. The fourth-order valence-corrected chi connectivity index (χ4v) is 8.12. The summed E-state index contributed by atoms with van der Waals surface area (Å²) in [7, 11) is -3.04. The Kier molecular flexibility index (Phi) is 11.7. The summed E-state index contributed by atoms with van der Waals surface area (Å²) in [6.45, 7) is -3.02. The summed E-state index contributed by atoms with van der Waals surface area (Å²) in [4.78, 5) is 41.2. The monoisotopic (exact) mass is 932 g/mol. The Morgan fingerprint density at radius 2 is 1.79 bits per heavy atom. The number of carbonyl (C=O) groups excluding carboxylic acids is 1. The maximum absolute atomic E-state index is 15.5. The van der Waals surface area contributed by atoms with Crippen LogP contribution in [0.1, 0.15) is 58.7 Å². The van der Waals surface area contributed by atoms with E-state index in [0.29, 0.717) is 21.6 Å². The number of hydrogen-bond acceptors (Lipinski definition) is 11. The van der Waals surface area contributed by atoms with Gasteiger partial charge in [0.1, 0.15) is 53.5 Å². The van der Waals surface area contributed by atoms with E-state index in [-0.39, 0.29) is 29.4 Å². The molecule has 0 aliphatic heterocycles. The predicted octanol–water partition coefficient (Wildman–Crippen LogP) is 5.92. The van der Waals surface area contributed by atoms with Crippen molar-refractivity contribution in [2.75, 3.05) is 25.2 Å². The third kappa shape index (κ3) is 9.28. The first kappa shape index (κ1) is 44.8. The fraction of sp³-hybridized carbons (Fsp3) is 0.324. The minimum absolute atomic E-state index is 0.0464. The number of carbonyl (C=O) groups is 1. The Balaban J connectivity index is 1.45. The Bertz CT molecular complexity index is 2820. The van der Waals surface area contributed by atoms with E-state index in [1.807, 2.05) is 5.32 Å². The smallest absolute Gasteiger partial charge is 0.405 e. The quantitative estimate of drug-likeness (QED) is 0.0589. The second kappa shape index (κ2) is 16.5. The van der Waals surface area contributed by atoms with E-state index in [0.717, 1.165) is 30.3 Å². The van der Waals surface area contributed by atoms with Crippen LogP contribution >= 0.6 is 11.6 Å². The average molecular weight is 933 g/mol. The molecule has 2 aromatic carbocycles. The van der Waals surface area contributed by atoms with Crippen molar-refractivity contribution in [1.29, 1.82) is 5.41 Å². The van der Waals surface area contributed by atoms with Gasteiger partial charge in [-0.05, 0) is 42.2 Å². The molecule has 15 nitrogen and oxygen atoms in total. The summed E-state index contributed by atoms with van der Waals surface area (Å²) in [5, 5.41) is 16.1. The number of alkyl halides is 7. The third-order valence-electron chi connectivity index (χ3n) is 9.86. The summed E-state index contributed by atoms with van der Waals surface area (Å²) in [5.74, 6) is -11.5. The van der Waals surface area contributed by atoms with Gasteiger partial charge in [-0.2, -0.15) is 32.0 Å². The van der Waals surface area contributed by atoms with Crippen molar-refractivity contribution in [3.05, 3.63) is 110 Å². The fourth-order valence-electron chi connectivity index (χ4n) is 7.40. The Morgan fingerprint density at radius 1 is 1.10 bits per heavy atom. The number of rotatable bonds is 14. The van der Waals surface area contributed by atoms with Crippen molar-refractivity contribution in [1.82, 2.24) is 39.3 Å².